The Labute approximate surface area is 123 Å². The van der Waals surface area contributed by atoms with E-state index in [2.05, 4.69) is 15.4 Å². The number of esters is 1. The number of ether oxygens (including phenoxy) is 1. The van der Waals surface area contributed by atoms with E-state index in [-0.39, 0.29) is 17.7 Å². The Hall–Kier alpha value is -2.37. The summed E-state index contributed by atoms with van der Waals surface area (Å²) >= 11 is 0. The molecule has 2 amide bonds. The van der Waals surface area contributed by atoms with Gasteiger partial charge in [0.25, 0.3) is 0 Å². The molecule has 0 aromatic heterocycles. The van der Waals surface area contributed by atoms with Crippen LogP contribution in [0.1, 0.15) is 31.1 Å². The van der Waals surface area contributed by atoms with Gasteiger partial charge in [-0.2, -0.15) is 0 Å². The smallest absolute Gasteiger partial charge is 0.337 e. The van der Waals surface area contributed by atoms with Crippen molar-refractivity contribution in [2.45, 2.75) is 26.8 Å². The van der Waals surface area contributed by atoms with Gasteiger partial charge in [0.1, 0.15) is 6.04 Å². The SMILES string of the molecule is COC(=O)c1cccc(NC(=O)[C@@H](NC(C)=O)C(C)C)c1. The summed E-state index contributed by atoms with van der Waals surface area (Å²) in [5, 5.41) is 5.29. The maximum absolute atomic E-state index is 12.2. The van der Waals surface area contributed by atoms with Gasteiger partial charge < -0.3 is 15.4 Å². The third-order valence-electron chi connectivity index (χ3n) is 2.86. The maximum atomic E-state index is 12.2. The largest absolute Gasteiger partial charge is 0.465 e. The van der Waals surface area contributed by atoms with E-state index in [4.69, 9.17) is 0 Å². The molecule has 1 aromatic rings. The number of hydrogen-bond donors (Lipinski definition) is 2. The Balaban J connectivity index is 2.86. The number of methoxy groups -OCH3 is 1. The number of carbonyl (C=O) groups is 3. The molecule has 0 spiro atoms. The molecule has 1 atom stereocenters. The highest BCUT2D eigenvalue weighted by atomic mass is 16.5. The molecular weight excluding hydrogens is 272 g/mol. The van der Waals surface area contributed by atoms with E-state index in [1.165, 1.54) is 20.1 Å². The van der Waals surface area contributed by atoms with Gasteiger partial charge in [0.15, 0.2) is 0 Å². The highest BCUT2D eigenvalue weighted by Crippen LogP contribution is 2.13. The molecule has 2 N–H and O–H groups in total. The van der Waals surface area contributed by atoms with Crippen LogP contribution >= 0.6 is 0 Å². The second kappa shape index (κ2) is 7.42. The molecule has 0 unspecified atom stereocenters. The lowest BCUT2D eigenvalue weighted by Gasteiger charge is -2.21. The van der Waals surface area contributed by atoms with Gasteiger partial charge in [0.2, 0.25) is 11.8 Å². The Kier molecular flexibility index (Phi) is 5.90. The fourth-order valence-corrected chi connectivity index (χ4v) is 1.82. The van der Waals surface area contributed by atoms with E-state index >= 15 is 0 Å². The standard InChI is InChI=1S/C15H20N2O4/c1-9(2)13(16-10(3)18)14(19)17-12-7-5-6-11(8-12)15(20)21-4/h5-9,13H,1-4H3,(H,16,18)(H,17,19)/t13-/m0/s1. The molecule has 0 saturated carbocycles. The summed E-state index contributed by atoms with van der Waals surface area (Å²) in [6.07, 6.45) is 0. The summed E-state index contributed by atoms with van der Waals surface area (Å²) < 4.78 is 4.63. The zero-order valence-corrected chi connectivity index (χ0v) is 12.6. The van der Waals surface area contributed by atoms with Crippen LogP contribution in [0.25, 0.3) is 0 Å². The number of carbonyl (C=O) groups excluding carboxylic acids is 3. The lowest BCUT2D eigenvalue weighted by molar-refractivity contribution is -0.126. The number of amides is 2. The maximum Gasteiger partial charge on any atom is 0.337 e. The molecule has 21 heavy (non-hydrogen) atoms. The predicted molar refractivity (Wildman–Crippen MR) is 78.9 cm³/mol. The molecule has 0 aliphatic rings. The molecule has 6 heteroatoms. The Morgan fingerprint density at radius 1 is 1.19 bits per heavy atom. The number of rotatable bonds is 5. The van der Waals surface area contributed by atoms with Crippen LogP contribution in [0.4, 0.5) is 5.69 Å². The molecule has 0 heterocycles. The van der Waals surface area contributed by atoms with Gasteiger partial charge >= 0.3 is 5.97 Å². The molecule has 0 aliphatic carbocycles. The minimum Gasteiger partial charge on any atom is -0.465 e. The number of hydrogen-bond acceptors (Lipinski definition) is 4. The first-order valence-corrected chi connectivity index (χ1v) is 6.61. The lowest BCUT2D eigenvalue weighted by atomic mass is 10.0. The first-order chi connectivity index (χ1) is 9.85. The van der Waals surface area contributed by atoms with Crippen molar-refractivity contribution in [3.63, 3.8) is 0 Å². The summed E-state index contributed by atoms with van der Waals surface area (Å²) in [5.74, 6) is -1.14. The van der Waals surface area contributed by atoms with Crippen molar-refractivity contribution in [1.82, 2.24) is 5.32 Å². The van der Waals surface area contributed by atoms with Gasteiger partial charge in [-0.3, -0.25) is 9.59 Å². The monoisotopic (exact) mass is 292 g/mol. The minimum absolute atomic E-state index is 0.0577. The summed E-state index contributed by atoms with van der Waals surface area (Å²) in [4.78, 5) is 34.8. The predicted octanol–water partition coefficient (Wildman–Crippen LogP) is 1.57. The minimum atomic E-state index is -0.635. The Morgan fingerprint density at radius 3 is 2.38 bits per heavy atom. The van der Waals surface area contributed by atoms with Crippen LogP contribution in [0.15, 0.2) is 24.3 Å². The molecule has 0 bridgehead atoms. The second-order valence-electron chi connectivity index (χ2n) is 4.98. The van der Waals surface area contributed by atoms with Crippen LogP contribution in [-0.2, 0) is 14.3 Å². The van der Waals surface area contributed by atoms with E-state index in [0.29, 0.717) is 11.3 Å². The van der Waals surface area contributed by atoms with Crippen molar-refractivity contribution in [3.8, 4) is 0 Å². The van der Waals surface area contributed by atoms with Crippen molar-refractivity contribution in [3.05, 3.63) is 29.8 Å². The molecule has 0 fully saturated rings. The molecular formula is C15H20N2O4. The summed E-state index contributed by atoms with van der Waals surface area (Å²) in [6.45, 7) is 5.04. The topological polar surface area (TPSA) is 84.5 Å². The van der Waals surface area contributed by atoms with E-state index in [1.54, 1.807) is 18.2 Å². The number of benzene rings is 1. The van der Waals surface area contributed by atoms with E-state index in [9.17, 15) is 14.4 Å². The van der Waals surface area contributed by atoms with Gasteiger partial charge in [-0.1, -0.05) is 19.9 Å². The fraction of sp³-hybridized carbons (Fsp3) is 0.400. The first-order valence-electron chi connectivity index (χ1n) is 6.61. The van der Waals surface area contributed by atoms with E-state index in [0.717, 1.165) is 0 Å². The lowest BCUT2D eigenvalue weighted by Crippen LogP contribution is -2.46. The van der Waals surface area contributed by atoms with Crippen LogP contribution in [0.3, 0.4) is 0 Å². The van der Waals surface area contributed by atoms with Gasteiger partial charge in [-0.05, 0) is 24.1 Å². The van der Waals surface area contributed by atoms with Crippen molar-refractivity contribution < 1.29 is 19.1 Å². The van der Waals surface area contributed by atoms with Gasteiger partial charge in [0, 0.05) is 12.6 Å². The summed E-state index contributed by atoms with van der Waals surface area (Å²) in [5.41, 5.74) is 0.815. The van der Waals surface area contributed by atoms with Crippen LogP contribution in [0, 0.1) is 5.92 Å². The summed E-state index contributed by atoms with van der Waals surface area (Å²) in [6, 6.07) is 5.79. The van der Waals surface area contributed by atoms with E-state index < -0.39 is 12.0 Å². The second-order valence-corrected chi connectivity index (χ2v) is 4.98. The number of anilines is 1. The highest BCUT2D eigenvalue weighted by molar-refractivity contribution is 5.98. The van der Waals surface area contributed by atoms with Crippen molar-refractivity contribution in [2.24, 2.45) is 5.92 Å². The van der Waals surface area contributed by atoms with Crippen molar-refractivity contribution >= 4 is 23.5 Å². The highest BCUT2D eigenvalue weighted by Gasteiger charge is 2.23. The number of nitrogens with one attached hydrogen (secondary N) is 2. The molecule has 0 saturated heterocycles. The van der Waals surface area contributed by atoms with Crippen LogP contribution < -0.4 is 10.6 Å². The normalized spacial score (nSPS) is 11.7. The fourth-order valence-electron chi connectivity index (χ4n) is 1.82. The molecule has 0 aliphatic heterocycles. The van der Waals surface area contributed by atoms with Gasteiger partial charge in [0.05, 0.1) is 12.7 Å². The molecule has 0 radical (unpaired) electrons. The first kappa shape index (κ1) is 16.7. The zero-order chi connectivity index (χ0) is 16.0. The molecule has 6 nitrogen and oxygen atoms in total. The average molecular weight is 292 g/mol. The van der Waals surface area contributed by atoms with Gasteiger partial charge in [-0.15, -0.1) is 0 Å². The third kappa shape index (κ3) is 4.91. The Bertz CT molecular complexity index is 540. The Morgan fingerprint density at radius 2 is 1.86 bits per heavy atom. The van der Waals surface area contributed by atoms with Gasteiger partial charge in [-0.25, -0.2) is 4.79 Å². The zero-order valence-electron chi connectivity index (χ0n) is 12.6. The van der Waals surface area contributed by atoms with Crippen molar-refractivity contribution in [1.29, 1.82) is 0 Å². The van der Waals surface area contributed by atoms with Crippen LogP contribution in [0.2, 0.25) is 0 Å². The quantitative estimate of drug-likeness (QED) is 0.807. The van der Waals surface area contributed by atoms with Crippen LogP contribution in [0.5, 0.6) is 0 Å². The van der Waals surface area contributed by atoms with Crippen molar-refractivity contribution in [2.75, 3.05) is 12.4 Å². The van der Waals surface area contributed by atoms with Crippen LogP contribution in [-0.4, -0.2) is 30.9 Å². The van der Waals surface area contributed by atoms with E-state index in [1.807, 2.05) is 13.8 Å². The molecule has 1 rings (SSSR count). The molecule has 114 valence electrons. The molecule has 1 aromatic carbocycles. The third-order valence-corrected chi connectivity index (χ3v) is 2.86. The average Bonchev–Trinajstić information content (AvgIpc) is 2.43. The summed E-state index contributed by atoms with van der Waals surface area (Å²) in [7, 11) is 1.29.